The third-order valence-electron chi connectivity index (χ3n) is 5.39. The molecule has 0 aromatic rings. The maximum atomic E-state index is 13.1. The molecular weight excluding hydrogens is 482 g/mol. The zero-order chi connectivity index (χ0) is 25.6. The molecule has 34 heavy (non-hydrogen) atoms. The molecule has 1 fully saturated rings. The smallest absolute Gasteiger partial charge is 0.303 e. The SMILES string of the molecule is CC(=O)O[C@@H]1[C@H](OC(C)=O)[C@@H](OC(C)=O)[C@@H]2O[C@@H]1[C@H](N[S@](=O)C(C)(C)C)C(C)/C=C\CCCS2. The highest BCUT2D eigenvalue weighted by Crippen LogP contribution is 2.37. The number of carbonyl (C=O) groups is 3. The number of rotatable bonds is 5. The van der Waals surface area contributed by atoms with Crippen LogP contribution in [0, 0.1) is 5.92 Å². The van der Waals surface area contributed by atoms with Gasteiger partial charge < -0.3 is 18.9 Å². The van der Waals surface area contributed by atoms with E-state index in [9.17, 15) is 18.6 Å². The lowest BCUT2D eigenvalue weighted by Crippen LogP contribution is -2.66. The van der Waals surface area contributed by atoms with Crippen LogP contribution in [-0.4, -0.2) is 68.5 Å². The molecule has 0 amide bonds. The largest absolute Gasteiger partial charge is 0.456 e. The number of carbonyl (C=O) groups excluding carboxylic acids is 3. The van der Waals surface area contributed by atoms with Gasteiger partial charge in [0.25, 0.3) is 0 Å². The molecule has 1 saturated heterocycles. The minimum Gasteiger partial charge on any atom is -0.456 e. The minimum atomic E-state index is -1.46. The van der Waals surface area contributed by atoms with Gasteiger partial charge in [0.05, 0.1) is 21.8 Å². The number of thioether (sulfide) groups is 1. The highest BCUT2D eigenvalue weighted by Gasteiger charge is 2.55. The maximum Gasteiger partial charge on any atom is 0.303 e. The number of allylic oxidation sites excluding steroid dienone is 1. The van der Waals surface area contributed by atoms with Gasteiger partial charge in [0.1, 0.15) is 11.5 Å². The van der Waals surface area contributed by atoms with Crippen LogP contribution in [0.5, 0.6) is 0 Å². The first-order valence-electron chi connectivity index (χ1n) is 11.4. The molecule has 11 heteroatoms. The van der Waals surface area contributed by atoms with Crippen LogP contribution in [0.15, 0.2) is 12.2 Å². The average molecular weight is 520 g/mol. The number of nitrogens with one attached hydrogen (secondary N) is 1. The molecular formula is C23H37NO8S2. The third-order valence-corrected chi connectivity index (χ3v) is 8.22. The predicted octanol–water partition coefficient (Wildman–Crippen LogP) is 2.65. The Balaban J connectivity index is 2.61. The topological polar surface area (TPSA) is 117 Å². The van der Waals surface area contributed by atoms with Crippen LogP contribution >= 0.6 is 11.8 Å². The second kappa shape index (κ2) is 12.5. The molecule has 2 bridgehead atoms. The molecule has 0 aromatic heterocycles. The number of ether oxygens (including phenoxy) is 4. The summed E-state index contributed by atoms with van der Waals surface area (Å²) >= 11 is 1.45. The Morgan fingerprint density at radius 1 is 1.00 bits per heavy atom. The summed E-state index contributed by atoms with van der Waals surface area (Å²) in [4.78, 5) is 36.1. The Labute approximate surface area is 208 Å². The van der Waals surface area contributed by atoms with Crippen LogP contribution in [0.2, 0.25) is 0 Å². The van der Waals surface area contributed by atoms with E-state index in [-0.39, 0.29) is 5.92 Å². The van der Waals surface area contributed by atoms with E-state index >= 15 is 0 Å². The van der Waals surface area contributed by atoms with Crippen molar-refractivity contribution in [1.82, 2.24) is 4.72 Å². The normalized spacial score (nSPS) is 34.1. The molecule has 1 N–H and O–H groups in total. The van der Waals surface area contributed by atoms with E-state index < -0.39 is 69.5 Å². The van der Waals surface area contributed by atoms with Crippen molar-refractivity contribution in [3.05, 3.63) is 12.2 Å². The molecule has 0 aliphatic carbocycles. The van der Waals surface area contributed by atoms with E-state index in [1.165, 1.54) is 32.5 Å². The fraction of sp³-hybridized carbons (Fsp3) is 0.783. The van der Waals surface area contributed by atoms with Crippen molar-refractivity contribution in [3.8, 4) is 0 Å². The van der Waals surface area contributed by atoms with Crippen molar-refractivity contribution in [2.45, 2.75) is 102 Å². The van der Waals surface area contributed by atoms with Crippen molar-refractivity contribution in [2.75, 3.05) is 5.75 Å². The van der Waals surface area contributed by atoms with Gasteiger partial charge >= 0.3 is 17.9 Å². The minimum absolute atomic E-state index is 0.165. The first-order valence-corrected chi connectivity index (χ1v) is 13.6. The number of esters is 3. The second-order valence-corrected chi connectivity index (χ2v) is 12.7. The van der Waals surface area contributed by atoms with Crippen LogP contribution in [0.1, 0.15) is 61.3 Å². The summed E-state index contributed by atoms with van der Waals surface area (Å²) in [7, 11) is -1.46. The third kappa shape index (κ3) is 8.07. The monoisotopic (exact) mass is 519 g/mol. The molecule has 0 saturated carbocycles. The Bertz CT molecular complexity index is 796. The number of hydrogen-bond acceptors (Lipinski definition) is 9. The second-order valence-electron chi connectivity index (χ2n) is 9.52. The Morgan fingerprint density at radius 3 is 2.12 bits per heavy atom. The molecule has 2 heterocycles. The highest BCUT2D eigenvalue weighted by atomic mass is 32.2. The summed E-state index contributed by atoms with van der Waals surface area (Å²) in [6.07, 6.45) is 1.80. The average Bonchev–Trinajstić information content (AvgIpc) is 2.72. The van der Waals surface area contributed by atoms with Gasteiger partial charge in [0.15, 0.2) is 18.3 Å². The Morgan fingerprint density at radius 2 is 1.56 bits per heavy atom. The van der Waals surface area contributed by atoms with E-state index in [0.717, 1.165) is 12.8 Å². The molecule has 9 nitrogen and oxygen atoms in total. The number of hydrogen-bond donors (Lipinski definition) is 1. The fourth-order valence-corrected chi connectivity index (χ4v) is 5.95. The summed E-state index contributed by atoms with van der Waals surface area (Å²) in [5, 5.41) is 0. The van der Waals surface area contributed by atoms with E-state index in [0.29, 0.717) is 5.75 Å². The maximum absolute atomic E-state index is 13.1. The van der Waals surface area contributed by atoms with Gasteiger partial charge in [-0.1, -0.05) is 19.1 Å². The van der Waals surface area contributed by atoms with Gasteiger partial charge in [-0.05, 0) is 45.3 Å². The summed E-state index contributed by atoms with van der Waals surface area (Å²) in [5.74, 6) is -1.23. The van der Waals surface area contributed by atoms with E-state index in [4.69, 9.17) is 18.9 Å². The lowest BCUT2D eigenvalue weighted by atomic mass is 9.88. The lowest BCUT2D eigenvalue weighted by molar-refractivity contribution is -0.236. The fourth-order valence-electron chi connectivity index (χ4n) is 3.83. The summed E-state index contributed by atoms with van der Waals surface area (Å²) in [6, 6.07) is -0.557. The summed E-state index contributed by atoms with van der Waals surface area (Å²) in [5.41, 5.74) is -0.678. The van der Waals surface area contributed by atoms with Gasteiger partial charge in [-0.2, -0.15) is 0 Å². The van der Waals surface area contributed by atoms with Gasteiger partial charge in [-0.15, -0.1) is 11.8 Å². The summed E-state index contributed by atoms with van der Waals surface area (Å²) < 4.78 is 39.0. The quantitative estimate of drug-likeness (QED) is 0.332. The van der Waals surface area contributed by atoms with Crippen molar-refractivity contribution >= 4 is 40.7 Å². The molecule has 0 spiro atoms. The lowest BCUT2D eigenvalue weighted by Gasteiger charge is -2.47. The zero-order valence-corrected chi connectivity index (χ0v) is 22.5. The van der Waals surface area contributed by atoms with Crippen molar-refractivity contribution in [2.24, 2.45) is 5.92 Å². The molecule has 8 atom stereocenters. The highest BCUT2D eigenvalue weighted by molar-refractivity contribution is 7.99. The van der Waals surface area contributed by atoms with E-state index in [1.807, 2.05) is 33.8 Å². The molecule has 1 unspecified atom stereocenters. The van der Waals surface area contributed by atoms with E-state index in [2.05, 4.69) is 10.8 Å². The zero-order valence-electron chi connectivity index (χ0n) is 20.9. The van der Waals surface area contributed by atoms with Crippen LogP contribution in [0.4, 0.5) is 0 Å². The Hall–Kier alpha value is -1.43. The van der Waals surface area contributed by atoms with Gasteiger partial charge in [0, 0.05) is 20.8 Å². The van der Waals surface area contributed by atoms with Gasteiger partial charge in [0.2, 0.25) is 0 Å². The van der Waals surface area contributed by atoms with Crippen LogP contribution in [-0.2, 0) is 44.3 Å². The molecule has 0 aromatic carbocycles. The van der Waals surface area contributed by atoms with Gasteiger partial charge in [-0.25, -0.2) is 8.93 Å². The standard InChI is InChI=1S/C23H37NO8S2/c1-13-11-9-8-10-12-33-22-21(31-16(4)27)20(30-15(3)26)19(29-14(2)25)18(32-22)17(13)24-34(28)23(5,6)7/h9,11,13,17-22,24H,8,10,12H2,1-7H3/b11-9-/t13?,17-,18-,19+,20+,21-,22-,34-/m1/s1. The molecule has 2 aliphatic rings. The van der Waals surface area contributed by atoms with Crippen molar-refractivity contribution in [3.63, 3.8) is 0 Å². The van der Waals surface area contributed by atoms with Gasteiger partial charge in [-0.3, -0.25) is 14.4 Å². The van der Waals surface area contributed by atoms with Crippen molar-refractivity contribution in [1.29, 1.82) is 0 Å². The predicted molar refractivity (Wildman–Crippen MR) is 130 cm³/mol. The first kappa shape index (κ1) is 28.8. The van der Waals surface area contributed by atoms with E-state index in [1.54, 1.807) is 0 Å². The first-order chi connectivity index (χ1) is 15.8. The molecule has 2 rings (SSSR count). The van der Waals surface area contributed by atoms with Crippen LogP contribution < -0.4 is 4.72 Å². The van der Waals surface area contributed by atoms with Crippen LogP contribution in [0.3, 0.4) is 0 Å². The molecule has 194 valence electrons. The Kier molecular flexibility index (Phi) is 10.6. The van der Waals surface area contributed by atoms with Crippen molar-refractivity contribution < 1.29 is 37.5 Å². The van der Waals surface area contributed by atoms with Crippen LogP contribution in [0.25, 0.3) is 0 Å². The molecule has 0 radical (unpaired) electrons. The summed E-state index contributed by atoms with van der Waals surface area (Å²) in [6.45, 7) is 11.3. The number of fused-ring (bicyclic) bond motifs is 2. The molecule has 2 aliphatic heterocycles.